The Morgan fingerprint density at radius 2 is 1.72 bits per heavy atom. The molecule has 0 spiro atoms. The van der Waals surface area contributed by atoms with Crippen molar-refractivity contribution in [2.45, 2.75) is 13.8 Å². The van der Waals surface area contributed by atoms with E-state index in [-0.39, 0.29) is 22.9 Å². The van der Waals surface area contributed by atoms with Crippen molar-refractivity contribution >= 4 is 45.8 Å². The molecule has 0 aliphatic heterocycles. The van der Waals surface area contributed by atoms with E-state index in [0.29, 0.717) is 38.5 Å². The topological polar surface area (TPSA) is 120 Å². The largest absolute Gasteiger partial charge is 0.507 e. The molecule has 5 rings (SSSR count). The SMILES string of the molecule is Cc1cc(C)c(O)c(-c2cc(C(=O)Nc3c(C(=O)Nc4ccc(Cl)cc4)oc4ccccc34)[nH]n2)c1. The number of aromatic nitrogens is 2. The van der Waals surface area contributed by atoms with Crippen LogP contribution in [0.15, 0.2) is 71.1 Å². The molecule has 2 amide bonds. The predicted octanol–water partition coefficient (Wildman–Crippen LogP) is 6.30. The van der Waals surface area contributed by atoms with E-state index >= 15 is 0 Å². The van der Waals surface area contributed by atoms with Crippen molar-refractivity contribution in [1.82, 2.24) is 10.2 Å². The second-order valence-corrected chi connectivity index (χ2v) is 8.80. The molecule has 2 aromatic heterocycles. The molecular formula is C27H21ClN4O4. The molecule has 0 unspecified atom stereocenters. The number of furan rings is 1. The normalized spacial score (nSPS) is 11.0. The Morgan fingerprint density at radius 3 is 2.50 bits per heavy atom. The molecule has 0 aliphatic rings. The van der Waals surface area contributed by atoms with Crippen LogP contribution in [0.5, 0.6) is 5.75 Å². The van der Waals surface area contributed by atoms with E-state index in [4.69, 9.17) is 16.0 Å². The number of hydrogen-bond acceptors (Lipinski definition) is 5. The number of halogens is 1. The van der Waals surface area contributed by atoms with Crippen LogP contribution in [0.3, 0.4) is 0 Å². The number of benzene rings is 3. The molecule has 0 saturated heterocycles. The summed E-state index contributed by atoms with van der Waals surface area (Å²) in [6, 6.07) is 18.8. The minimum Gasteiger partial charge on any atom is -0.507 e. The van der Waals surface area contributed by atoms with E-state index in [2.05, 4.69) is 20.8 Å². The number of phenols is 1. The summed E-state index contributed by atoms with van der Waals surface area (Å²) in [4.78, 5) is 26.2. The van der Waals surface area contributed by atoms with Crippen molar-refractivity contribution in [2.75, 3.05) is 10.6 Å². The molecular weight excluding hydrogens is 480 g/mol. The first-order valence-electron chi connectivity index (χ1n) is 11.1. The first-order valence-corrected chi connectivity index (χ1v) is 11.4. The first kappa shape index (κ1) is 23.2. The fourth-order valence-corrected chi connectivity index (χ4v) is 4.09. The maximum absolute atomic E-state index is 13.2. The van der Waals surface area contributed by atoms with Crippen molar-refractivity contribution in [2.24, 2.45) is 0 Å². The number of carbonyl (C=O) groups excluding carboxylic acids is 2. The fourth-order valence-electron chi connectivity index (χ4n) is 3.96. The van der Waals surface area contributed by atoms with Crippen LogP contribution in [0, 0.1) is 13.8 Å². The Labute approximate surface area is 210 Å². The molecule has 0 bridgehead atoms. The third-order valence-corrected chi connectivity index (χ3v) is 5.94. The van der Waals surface area contributed by atoms with E-state index in [1.165, 1.54) is 0 Å². The highest BCUT2D eigenvalue weighted by atomic mass is 35.5. The zero-order chi connectivity index (χ0) is 25.4. The molecule has 0 radical (unpaired) electrons. The molecule has 9 heteroatoms. The summed E-state index contributed by atoms with van der Waals surface area (Å²) >= 11 is 5.92. The van der Waals surface area contributed by atoms with Gasteiger partial charge in [-0.1, -0.05) is 29.8 Å². The Kier molecular flexibility index (Phi) is 5.95. The highest BCUT2D eigenvalue weighted by Crippen LogP contribution is 2.34. The highest BCUT2D eigenvalue weighted by Gasteiger charge is 2.24. The lowest BCUT2D eigenvalue weighted by atomic mass is 10.0. The molecule has 3 aromatic carbocycles. The second-order valence-electron chi connectivity index (χ2n) is 8.36. The number of H-pyrrole nitrogens is 1. The molecule has 5 aromatic rings. The Balaban J connectivity index is 1.46. The summed E-state index contributed by atoms with van der Waals surface area (Å²) < 4.78 is 5.80. The number of aromatic hydroxyl groups is 1. The number of aryl methyl sites for hydroxylation is 2. The number of phenolic OH excluding ortho intramolecular Hbond substituents is 1. The van der Waals surface area contributed by atoms with Gasteiger partial charge in [0.1, 0.15) is 22.7 Å². The first-order chi connectivity index (χ1) is 17.3. The van der Waals surface area contributed by atoms with E-state index < -0.39 is 11.8 Å². The molecule has 0 atom stereocenters. The minimum atomic E-state index is -0.533. The van der Waals surface area contributed by atoms with Gasteiger partial charge in [-0.25, -0.2) is 0 Å². The number of fused-ring (bicyclic) bond motifs is 1. The van der Waals surface area contributed by atoms with Gasteiger partial charge in [0.2, 0.25) is 5.76 Å². The van der Waals surface area contributed by atoms with Gasteiger partial charge < -0.3 is 20.2 Å². The lowest BCUT2D eigenvalue weighted by molar-refractivity contribution is 0.0999. The van der Waals surface area contributed by atoms with Gasteiger partial charge >= 0.3 is 0 Å². The van der Waals surface area contributed by atoms with Crippen LogP contribution in [-0.4, -0.2) is 27.1 Å². The van der Waals surface area contributed by atoms with Crippen molar-refractivity contribution in [3.63, 3.8) is 0 Å². The molecule has 0 aliphatic carbocycles. The van der Waals surface area contributed by atoms with Gasteiger partial charge in [-0.05, 0) is 73.5 Å². The second kappa shape index (κ2) is 9.24. The van der Waals surface area contributed by atoms with E-state index in [1.54, 1.807) is 67.6 Å². The molecule has 0 saturated carbocycles. The smallest absolute Gasteiger partial charge is 0.293 e. The van der Waals surface area contributed by atoms with Crippen LogP contribution >= 0.6 is 11.6 Å². The molecule has 36 heavy (non-hydrogen) atoms. The summed E-state index contributed by atoms with van der Waals surface area (Å²) in [5.41, 5.74) is 3.94. The summed E-state index contributed by atoms with van der Waals surface area (Å²) in [7, 11) is 0. The highest BCUT2D eigenvalue weighted by molar-refractivity contribution is 6.30. The van der Waals surface area contributed by atoms with Gasteiger partial charge in [0.15, 0.2) is 0 Å². The van der Waals surface area contributed by atoms with Crippen LogP contribution < -0.4 is 10.6 Å². The molecule has 4 N–H and O–H groups in total. The van der Waals surface area contributed by atoms with Crippen LogP contribution in [0.25, 0.3) is 22.2 Å². The Bertz CT molecular complexity index is 1620. The van der Waals surface area contributed by atoms with E-state index in [0.717, 1.165) is 5.56 Å². The molecule has 0 fully saturated rings. The Morgan fingerprint density at radius 1 is 0.972 bits per heavy atom. The minimum absolute atomic E-state index is 0.0498. The number of anilines is 2. The number of carbonyl (C=O) groups is 2. The van der Waals surface area contributed by atoms with E-state index in [9.17, 15) is 14.7 Å². The number of para-hydroxylation sites is 1. The van der Waals surface area contributed by atoms with Crippen LogP contribution in [0.1, 0.15) is 32.2 Å². The van der Waals surface area contributed by atoms with Gasteiger partial charge in [-0.2, -0.15) is 5.10 Å². The third kappa shape index (κ3) is 4.42. The van der Waals surface area contributed by atoms with Crippen molar-refractivity contribution in [3.05, 3.63) is 94.3 Å². The van der Waals surface area contributed by atoms with Gasteiger partial charge in [-0.15, -0.1) is 0 Å². The molecule has 8 nitrogen and oxygen atoms in total. The quantitative estimate of drug-likeness (QED) is 0.225. The van der Waals surface area contributed by atoms with Crippen molar-refractivity contribution < 1.29 is 19.1 Å². The average molecular weight is 501 g/mol. The van der Waals surface area contributed by atoms with Crippen molar-refractivity contribution in [1.29, 1.82) is 0 Å². The number of nitrogens with zero attached hydrogens (tertiary/aromatic N) is 1. The third-order valence-electron chi connectivity index (χ3n) is 5.69. The van der Waals surface area contributed by atoms with Gasteiger partial charge in [0.25, 0.3) is 11.8 Å². The van der Waals surface area contributed by atoms with Crippen LogP contribution in [0.2, 0.25) is 5.02 Å². The standard InChI is InChI=1S/C27H21ClN4O4/c1-14-11-15(2)24(33)19(12-14)20-13-21(32-31-20)26(34)30-23-18-5-3-4-6-22(18)36-25(23)27(35)29-17-9-7-16(28)8-10-17/h3-13,33H,1-2H3,(H,29,35)(H,30,34)(H,31,32). The fraction of sp³-hybridized carbons (Fsp3) is 0.0741. The number of hydrogen-bond donors (Lipinski definition) is 4. The predicted molar refractivity (Wildman–Crippen MR) is 139 cm³/mol. The number of nitrogens with one attached hydrogen (secondary N) is 3. The van der Waals surface area contributed by atoms with Crippen LogP contribution in [-0.2, 0) is 0 Å². The van der Waals surface area contributed by atoms with Crippen molar-refractivity contribution in [3.8, 4) is 17.0 Å². The number of amides is 2. The maximum atomic E-state index is 13.2. The van der Waals surface area contributed by atoms with Gasteiger partial charge in [0.05, 0.1) is 5.69 Å². The Hall–Kier alpha value is -4.56. The van der Waals surface area contributed by atoms with Gasteiger partial charge in [-0.3, -0.25) is 14.7 Å². The summed E-state index contributed by atoms with van der Waals surface area (Å²) in [6.07, 6.45) is 0. The average Bonchev–Trinajstić information content (AvgIpc) is 3.49. The maximum Gasteiger partial charge on any atom is 0.293 e. The zero-order valence-electron chi connectivity index (χ0n) is 19.3. The summed E-state index contributed by atoms with van der Waals surface area (Å²) in [5, 5.41) is 24.0. The summed E-state index contributed by atoms with van der Waals surface area (Å²) in [6.45, 7) is 3.71. The lowest BCUT2D eigenvalue weighted by Gasteiger charge is -2.07. The monoisotopic (exact) mass is 500 g/mol. The number of aromatic amines is 1. The van der Waals surface area contributed by atoms with Crippen LogP contribution in [0.4, 0.5) is 11.4 Å². The molecule has 2 heterocycles. The molecule has 180 valence electrons. The summed E-state index contributed by atoms with van der Waals surface area (Å²) in [5.74, 6) is -1.01. The van der Waals surface area contributed by atoms with E-state index in [1.807, 2.05) is 13.0 Å². The zero-order valence-corrected chi connectivity index (χ0v) is 20.1. The number of rotatable bonds is 5. The van der Waals surface area contributed by atoms with Gasteiger partial charge in [0, 0.05) is 21.7 Å². The lowest BCUT2D eigenvalue weighted by Crippen LogP contribution is -2.17.